The maximum absolute atomic E-state index is 12.8. The minimum absolute atomic E-state index is 0.331. The summed E-state index contributed by atoms with van der Waals surface area (Å²) < 4.78 is 40.2. The summed E-state index contributed by atoms with van der Waals surface area (Å²) in [5.41, 5.74) is 2.30. The van der Waals surface area contributed by atoms with Crippen LogP contribution in [0.1, 0.15) is 28.6 Å². The van der Waals surface area contributed by atoms with Gasteiger partial charge in [0.05, 0.1) is 11.7 Å². The molecule has 0 spiro atoms. The Labute approximate surface area is 157 Å². The van der Waals surface area contributed by atoms with Crippen molar-refractivity contribution in [1.29, 1.82) is 0 Å². The number of rotatable bonds is 1. The number of hydrogen-bond acceptors (Lipinski definition) is 2. The van der Waals surface area contributed by atoms with E-state index in [-0.39, 0.29) is 6.04 Å². The van der Waals surface area contributed by atoms with Crippen LogP contribution in [0.2, 0.25) is 10.0 Å². The third kappa shape index (κ3) is 2.98. The number of fused-ring (bicyclic) bond motifs is 3. The van der Waals surface area contributed by atoms with Gasteiger partial charge in [0.25, 0.3) is 0 Å². The first kappa shape index (κ1) is 17.4. The molecule has 134 valence electrons. The van der Waals surface area contributed by atoms with Crippen LogP contribution < -0.4 is 5.32 Å². The van der Waals surface area contributed by atoms with Crippen molar-refractivity contribution < 1.29 is 13.2 Å². The Morgan fingerprint density at radius 2 is 1.96 bits per heavy atom. The zero-order valence-corrected chi connectivity index (χ0v) is 14.7. The molecule has 8 heteroatoms. The first-order valence-electron chi connectivity index (χ1n) is 7.76. The monoisotopic (exact) mass is 397 g/mol. The second kappa shape index (κ2) is 6.30. The number of halogens is 5. The Morgan fingerprint density at radius 3 is 2.65 bits per heavy atom. The highest BCUT2D eigenvalue weighted by molar-refractivity contribution is 6.35. The summed E-state index contributed by atoms with van der Waals surface area (Å²) in [6, 6.07) is 9.36. The van der Waals surface area contributed by atoms with E-state index >= 15 is 0 Å². The fraction of sp³-hybridized carbons (Fsp3) is 0.167. The minimum Gasteiger partial charge on any atom is -0.319 e. The second-order valence-corrected chi connectivity index (χ2v) is 6.82. The van der Waals surface area contributed by atoms with Crippen LogP contribution in [0.4, 0.5) is 13.2 Å². The van der Waals surface area contributed by atoms with Crippen LogP contribution in [-0.4, -0.2) is 9.55 Å². The predicted octanol–water partition coefficient (Wildman–Crippen LogP) is 5.39. The lowest BCUT2D eigenvalue weighted by Crippen LogP contribution is -2.22. The van der Waals surface area contributed by atoms with Gasteiger partial charge in [-0.1, -0.05) is 29.3 Å². The molecule has 1 N–H and O–H groups in total. The topological polar surface area (TPSA) is 29.9 Å². The summed E-state index contributed by atoms with van der Waals surface area (Å²) >= 11 is 12.5. The lowest BCUT2D eigenvalue weighted by molar-refractivity contribution is -0.141. The summed E-state index contributed by atoms with van der Waals surface area (Å²) in [6.07, 6.45) is -1.34. The van der Waals surface area contributed by atoms with Gasteiger partial charge in [-0.25, -0.2) is 0 Å². The van der Waals surface area contributed by atoms with Crippen LogP contribution in [0.3, 0.4) is 0 Å². The van der Waals surface area contributed by atoms with E-state index in [4.69, 9.17) is 23.2 Å². The molecule has 0 saturated heterocycles. The van der Waals surface area contributed by atoms with Crippen molar-refractivity contribution in [3.8, 4) is 5.69 Å². The Bertz CT molecular complexity index is 965. The normalized spacial score (nSPS) is 16.7. The highest BCUT2D eigenvalue weighted by atomic mass is 35.5. The highest BCUT2D eigenvalue weighted by Gasteiger charge is 2.33. The van der Waals surface area contributed by atoms with Crippen molar-refractivity contribution in [3.05, 3.63) is 81.4 Å². The zero-order valence-electron chi connectivity index (χ0n) is 13.2. The van der Waals surface area contributed by atoms with Crippen molar-refractivity contribution in [2.45, 2.75) is 18.8 Å². The number of alkyl halides is 3. The fourth-order valence-corrected chi connectivity index (χ4v) is 3.72. The van der Waals surface area contributed by atoms with Gasteiger partial charge in [0.2, 0.25) is 0 Å². The molecule has 4 rings (SSSR count). The van der Waals surface area contributed by atoms with Gasteiger partial charge in [-0.05, 0) is 35.9 Å². The molecule has 0 bridgehead atoms. The molecule has 3 nitrogen and oxygen atoms in total. The Kier molecular flexibility index (Phi) is 4.22. The zero-order chi connectivity index (χ0) is 18.5. The van der Waals surface area contributed by atoms with Crippen LogP contribution in [0.25, 0.3) is 5.69 Å². The van der Waals surface area contributed by atoms with Gasteiger partial charge in [0.1, 0.15) is 5.69 Å². The van der Waals surface area contributed by atoms with Gasteiger partial charge in [0.15, 0.2) is 0 Å². The molecule has 1 aliphatic rings. The molecule has 0 amide bonds. The molecule has 3 aromatic rings. The van der Waals surface area contributed by atoms with E-state index in [0.717, 1.165) is 23.0 Å². The quantitative estimate of drug-likeness (QED) is 0.596. The van der Waals surface area contributed by atoms with E-state index < -0.39 is 11.9 Å². The molecule has 1 aliphatic heterocycles. The molecule has 0 aliphatic carbocycles. The summed E-state index contributed by atoms with van der Waals surface area (Å²) in [7, 11) is 0. The molecule has 1 unspecified atom stereocenters. The minimum atomic E-state index is -4.46. The van der Waals surface area contributed by atoms with Crippen molar-refractivity contribution >= 4 is 23.2 Å². The lowest BCUT2D eigenvalue weighted by Gasteiger charge is -2.18. The largest absolute Gasteiger partial charge is 0.433 e. The Morgan fingerprint density at radius 1 is 1.15 bits per heavy atom. The molecular weight excluding hydrogens is 386 g/mol. The van der Waals surface area contributed by atoms with Crippen molar-refractivity contribution in [2.75, 3.05) is 0 Å². The Hall–Kier alpha value is -2.02. The SMILES string of the molecule is FC(F)(F)c1ccc(C2NCc3c(Cl)cc(Cl)cc3-n3cccc32)cn1. The predicted molar refractivity (Wildman–Crippen MR) is 93.7 cm³/mol. The maximum atomic E-state index is 12.8. The summed E-state index contributed by atoms with van der Waals surface area (Å²) in [4.78, 5) is 3.57. The van der Waals surface area contributed by atoms with Crippen LogP contribution in [0.15, 0.2) is 48.8 Å². The van der Waals surface area contributed by atoms with Gasteiger partial charge in [-0.3, -0.25) is 4.98 Å². The smallest absolute Gasteiger partial charge is 0.319 e. The number of pyridine rings is 1. The third-order valence-electron chi connectivity index (χ3n) is 4.37. The molecule has 1 aromatic carbocycles. The van der Waals surface area contributed by atoms with Crippen LogP contribution >= 0.6 is 23.2 Å². The third-order valence-corrected chi connectivity index (χ3v) is 4.92. The van der Waals surface area contributed by atoms with E-state index in [0.29, 0.717) is 22.2 Å². The maximum Gasteiger partial charge on any atom is 0.433 e. The van der Waals surface area contributed by atoms with Crippen molar-refractivity contribution in [3.63, 3.8) is 0 Å². The average molecular weight is 398 g/mol. The van der Waals surface area contributed by atoms with Gasteiger partial charge in [-0.15, -0.1) is 0 Å². The molecule has 0 fully saturated rings. The van der Waals surface area contributed by atoms with Gasteiger partial charge in [-0.2, -0.15) is 13.2 Å². The van der Waals surface area contributed by atoms with Gasteiger partial charge < -0.3 is 9.88 Å². The Balaban J connectivity index is 1.79. The number of nitrogens with one attached hydrogen (secondary N) is 1. The fourth-order valence-electron chi connectivity index (χ4n) is 3.17. The molecule has 1 atom stereocenters. The molecule has 2 aromatic heterocycles. The molecule has 0 radical (unpaired) electrons. The van der Waals surface area contributed by atoms with E-state index in [1.807, 2.05) is 29.0 Å². The van der Waals surface area contributed by atoms with Crippen molar-refractivity contribution in [2.24, 2.45) is 0 Å². The second-order valence-electron chi connectivity index (χ2n) is 5.98. The first-order chi connectivity index (χ1) is 12.3. The molecule has 3 heterocycles. The van der Waals surface area contributed by atoms with Crippen molar-refractivity contribution in [1.82, 2.24) is 14.9 Å². The summed E-state index contributed by atoms with van der Waals surface area (Å²) in [6.45, 7) is 0.443. The van der Waals surface area contributed by atoms with Crippen LogP contribution in [0, 0.1) is 0 Å². The lowest BCUT2D eigenvalue weighted by atomic mass is 10.1. The highest BCUT2D eigenvalue weighted by Crippen LogP contribution is 2.35. The van der Waals surface area contributed by atoms with E-state index in [9.17, 15) is 13.2 Å². The van der Waals surface area contributed by atoms with Gasteiger partial charge >= 0.3 is 6.18 Å². The summed E-state index contributed by atoms with van der Waals surface area (Å²) in [5, 5.41) is 4.40. The number of nitrogens with zero attached hydrogens (tertiary/aromatic N) is 2. The number of benzene rings is 1. The molecule has 0 saturated carbocycles. The first-order valence-corrected chi connectivity index (χ1v) is 8.52. The molecule has 26 heavy (non-hydrogen) atoms. The van der Waals surface area contributed by atoms with E-state index in [2.05, 4.69) is 10.3 Å². The summed E-state index contributed by atoms with van der Waals surface area (Å²) in [5.74, 6) is 0. The number of aromatic nitrogens is 2. The van der Waals surface area contributed by atoms with Crippen LogP contribution in [-0.2, 0) is 12.7 Å². The standard InChI is InChI=1S/C18H12Cl2F3N3/c19-11-6-13(20)12-9-25-17(14-2-1-5-26(14)15(12)7-11)10-3-4-16(24-8-10)18(21,22)23/h1-8,17,25H,9H2. The molecular formula is C18H12Cl2F3N3. The van der Waals surface area contributed by atoms with Crippen LogP contribution in [0.5, 0.6) is 0 Å². The van der Waals surface area contributed by atoms with Gasteiger partial charge in [0, 0.05) is 40.2 Å². The van der Waals surface area contributed by atoms with E-state index in [1.165, 1.54) is 12.3 Å². The van der Waals surface area contributed by atoms with E-state index in [1.54, 1.807) is 6.07 Å². The average Bonchev–Trinajstić information content (AvgIpc) is 2.99. The number of hydrogen-bond donors (Lipinski definition) is 1.